The van der Waals surface area contributed by atoms with Crippen LogP contribution in [0.5, 0.6) is 0 Å². The number of aromatic carboxylic acids is 1. The summed E-state index contributed by atoms with van der Waals surface area (Å²) in [6.07, 6.45) is -0.0630. The second-order valence-electron chi connectivity index (χ2n) is 4.10. The number of hydrogen-bond acceptors (Lipinski definition) is 6. The number of thiophene rings is 1. The fourth-order valence-corrected chi connectivity index (χ4v) is 4.76. The number of carboxylic acids is 1. The van der Waals surface area contributed by atoms with E-state index in [-0.39, 0.29) is 35.7 Å². The summed E-state index contributed by atoms with van der Waals surface area (Å²) in [5, 5.41) is 27.8. The van der Waals surface area contributed by atoms with Crippen LogP contribution in [0.25, 0.3) is 0 Å². The van der Waals surface area contributed by atoms with Crippen LogP contribution in [0, 0.1) is 29.6 Å². The van der Waals surface area contributed by atoms with E-state index >= 15 is 0 Å². The zero-order valence-corrected chi connectivity index (χ0v) is 12.9. The van der Waals surface area contributed by atoms with Crippen LogP contribution in [0.2, 0.25) is 0 Å². The molecule has 0 saturated heterocycles. The Kier molecular flexibility index (Phi) is 5.85. The summed E-state index contributed by atoms with van der Waals surface area (Å²) >= 11 is 0.841. The van der Waals surface area contributed by atoms with Gasteiger partial charge in [-0.1, -0.05) is 0 Å². The number of nitrogens with zero attached hydrogens (tertiary/aromatic N) is 3. The van der Waals surface area contributed by atoms with Gasteiger partial charge in [-0.25, -0.2) is 13.2 Å². The van der Waals surface area contributed by atoms with Crippen LogP contribution in [-0.2, 0) is 10.0 Å². The van der Waals surface area contributed by atoms with E-state index in [1.54, 1.807) is 0 Å². The van der Waals surface area contributed by atoms with Crippen molar-refractivity contribution in [2.45, 2.75) is 24.7 Å². The van der Waals surface area contributed by atoms with Crippen LogP contribution in [-0.4, -0.2) is 36.9 Å². The summed E-state index contributed by atoms with van der Waals surface area (Å²) in [4.78, 5) is 10.6. The maximum atomic E-state index is 12.6. The summed E-state index contributed by atoms with van der Waals surface area (Å²) in [6, 6.07) is 3.68. The van der Waals surface area contributed by atoms with Gasteiger partial charge in [-0.05, 0) is 17.9 Å². The maximum absolute atomic E-state index is 12.6. The Morgan fingerprint density at radius 1 is 1.33 bits per heavy atom. The fraction of sp³-hybridized carbons (Fsp3) is 0.417. The van der Waals surface area contributed by atoms with Crippen molar-refractivity contribution in [2.24, 2.45) is 0 Å². The second kappa shape index (κ2) is 7.18. The SMILES string of the molecule is Cc1csc(C(=O)O)c1S(=O)(=O)N(CCC#N)CCC#N. The minimum atomic E-state index is -4.05. The summed E-state index contributed by atoms with van der Waals surface area (Å²) in [5.74, 6) is -1.31. The standard InChI is InChI=1S/C12H13N3O4S2/c1-9-8-20-10(12(16)17)11(9)21(18,19)15(6-2-4-13)7-3-5-14/h8H,2-3,6-7H2,1H3,(H,16,17). The first-order valence-corrected chi connectivity index (χ1v) is 8.23. The van der Waals surface area contributed by atoms with E-state index in [1.165, 1.54) is 12.3 Å². The van der Waals surface area contributed by atoms with Crippen LogP contribution in [0.3, 0.4) is 0 Å². The highest BCUT2D eigenvalue weighted by Crippen LogP contribution is 2.29. The molecule has 9 heteroatoms. The lowest BCUT2D eigenvalue weighted by Gasteiger charge is -2.20. The maximum Gasteiger partial charge on any atom is 0.347 e. The third-order valence-corrected chi connectivity index (χ3v) is 5.96. The molecule has 1 rings (SSSR count). The van der Waals surface area contributed by atoms with Crippen LogP contribution < -0.4 is 0 Å². The lowest BCUT2D eigenvalue weighted by Crippen LogP contribution is -2.33. The molecule has 0 atom stereocenters. The van der Waals surface area contributed by atoms with Gasteiger partial charge in [0.2, 0.25) is 10.0 Å². The molecule has 0 aliphatic carbocycles. The van der Waals surface area contributed by atoms with Gasteiger partial charge in [0.25, 0.3) is 0 Å². The van der Waals surface area contributed by atoms with Gasteiger partial charge in [0.1, 0.15) is 9.77 Å². The van der Waals surface area contributed by atoms with Gasteiger partial charge in [0.15, 0.2) is 0 Å². The Balaban J connectivity index is 3.29. The highest BCUT2D eigenvalue weighted by molar-refractivity contribution is 7.89. The molecule has 0 aromatic carbocycles. The lowest BCUT2D eigenvalue weighted by molar-refractivity contribution is 0.0698. The molecule has 21 heavy (non-hydrogen) atoms. The minimum Gasteiger partial charge on any atom is -0.477 e. The van der Waals surface area contributed by atoms with E-state index in [1.807, 2.05) is 12.1 Å². The quantitative estimate of drug-likeness (QED) is 0.811. The molecule has 112 valence electrons. The molecule has 0 saturated carbocycles. The summed E-state index contributed by atoms with van der Waals surface area (Å²) in [5.41, 5.74) is 0.344. The molecule has 0 amide bonds. The van der Waals surface area contributed by atoms with Crippen molar-refractivity contribution in [3.63, 3.8) is 0 Å². The van der Waals surface area contributed by atoms with Gasteiger partial charge >= 0.3 is 5.97 Å². The predicted octanol–water partition coefficient (Wildman–Crippen LogP) is 1.57. The zero-order chi connectivity index (χ0) is 16.0. The third-order valence-electron chi connectivity index (χ3n) is 2.66. The number of carboxylic acid groups (broad SMARTS) is 1. The highest BCUT2D eigenvalue weighted by Gasteiger charge is 2.31. The number of sulfonamides is 1. The Bertz CT molecular complexity index is 692. The van der Waals surface area contributed by atoms with Crippen LogP contribution in [0.15, 0.2) is 10.3 Å². The summed E-state index contributed by atoms with van der Waals surface area (Å²) in [7, 11) is -4.05. The molecule has 1 N–H and O–H groups in total. The van der Waals surface area contributed by atoms with E-state index in [4.69, 9.17) is 15.6 Å². The smallest absolute Gasteiger partial charge is 0.347 e. The predicted molar refractivity (Wildman–Crippen MR) is 75.2 cm³/mol. The Labute approximate surface area is 126 Å². The molecule has 0 spiro atoms. The van der Waals surface area contributed by atoms with Crippen LogP contribution >= 0.6 is 11.3 Å². The molecule has 0 unspecified atom stereocenters. The van der Waals surface area contributed by atoms with Crippen molar-refractivity contribution in [2.75, 3.05) is 13.1 Å². The summed E-state index contributed by atoms with van der Waals surface area (Å²) < 4.78 is 26.2. The molecule has 0 bridgehead atoms. The number of carbonyl (C=O) groups is 1. The van der Waals surface area contributed by atoms with E-state index in [0.717, 1.165) is 15.6 Å². The lowest BCUT2D eigenvalue weighted by atomic mass is 10.3. The normalized spacial score (nSPS) is 11.0. The van der Waals surface area contributed by atoms with Gasteiger partial charge in [0.05, 0.1) is 12.1 Å². The first-order valence-electron chi connectivity index (χ1n) is 5.91. The molecule has 0 aliphatic heterocycles. The van der Waals surface area contributed by atoms with Crippen molar-refractivity contribution in [3.05, 3.63) is 15.8 Å². The van der Waals surface area contributed by atoms with E-state index in [0.29, 0.717) is 5.56 Å². The van der Waals surface area contributed by atoms with Gasteiger partial charge in [-0.3, -0.25) is 0 Å². The Hall–Kier alpha value is -1.94. The first-order chi connectivity index (χ1) is 9.86. The number of hydrogen-bond donors (Lipinski definition) is 1. The van der Waals surface area contributed by atoms with Crippen molar-refractivity contribution in [1.82, 2.24) is 4.31 Å². The average Bonchev–Trinajstić information content (AvgIpc) is 2.81. The summed E-state index contributed by atoms with van der Waals surface area (Å²) in [6.45, 7) is 1.37. The average molecular weight is 327 g/mol. The monoisotopic (exact) mass is 327 g/mol. The van der Waals surface area contributed by atoms with Crippen LogP contribution in [0.4, 0.5) is 0 Å². The third kappa shape index (κ3) is 3.79. The molecule has 1 aromatic rings. The number of nitriles is 2. The fourth-order valence-electron chi connectivity index (χ4n) is 1.73. The van der Waals surface area contributed by atoms with Crippen LogP contribution in [0.1, 0.15) is 28.1 Å². The second-order valence-corrected chi connectivity index (χ2v) is 6.86. The molecule has 7 nitrogen and oxygen atoms in total. The van der Waals surface area contributed by atoms with Gasteiger partial charge in [-0.2, -0.15) is 14.8 Å². The molecule has 0 radical (unpaired) electrons. The van der Waals surface area contributed by atoms with E-state index in [2.05, 4.69) is 0 Å². The van der Waals surface area contributed by atoms with Crippen molar-refractivity contribution < 1.29 is 18.3 Å². The highest BCUT2D eigenvalue weighted by atomic mass is 32.2. The molecule has 1 heterocycles. The number of aryl methyl sites for hydroxylation is 1. The topological polar surface area (TPSA) is 122 Å². The largest absolute Gasteiger partial charge is 0.477 e. The molecular weight excluding hydrogens is 314 g/mol. The zero-order valence-electron chi connectivity index (χ0n) is 11.2. The van der Waals surface area contributed by atoms with Gasteiger partial charge in [-0.15, -0.1) is 11.3 Å². The minimum absolute atomic E-state index is 0.0315. The van der Waals surface area contributed by atoms with E-state index < -0.39 is 16.0 Å². The van der Waals surface area contributed by atoms with Crippen molar-refractivity contribution in [3.8, 4) is 12.1 Å². The van der Waals surface area contributed by atoms with Crippen molar-refractivity contribution in [1.29, 1.82) is 10.5 Å². The van der Waals surface area contributed by atoms with Gasteiger partial charge < -0.3 is 5.11 Å². The first kappa shape index (κ1) is 17.1. The Morgan fingerprint density at radius 2 is 1.86 bits per heavy atom. The number of rotatable bonds is 7. The van der Waals surface area contributed by atoms with Gasteiger partial charge in [0, 0.05) is 25.9 Å². The molecule has 1 aromatic heterocycles. The molecule has 0 aliphatic rings. The van der Waals surface area contributed by atoms with E-state index in [9.17, 15) is 13.2 Å². The molecule has 0 fully saturated rings. The Morgan fingerprint density at radius 3 is 2.29 bits per heavy atom. The molecular formula is C12H13N3O4S2. The van der Waals surface area contributed by atoms with Crippen molar-refractivity contribution >= 4 is 27.3 Å².